The third-order valence-electron chi connectivity index (χ3n) is 8.53. The fourth-order valence-electron chi connectivity index (χ4n) is 6.40. The van der Waals surface area contributed by atoms with Crippen LogP contribution in [0, 0.1) is 18.8 Å². The first-order chi connectivity index (χ1) is 19.8. The van der Waals surface area contributed by atoms with Crippen LogP contribution >= 0.6 is 0 Å². The first-order valence-corrected chi connectivity index (χ1v) is 14.6. The Bertz CT molecular complexity index is 1620. The molecule has 2 unspecified atom stereocenters. The van der Waals surface area contributed by atoms with Crippen molar-refractivity contribution in [3.05, 3.63) is 70.1 Å². The van der Waals surface area contributed by atoms with Crippen molar-refractivity contribution in [2.75, 3.05) is 20.1 Å². The Kier molecular flexibility index (Phi) is 7.67. The van der Waals surface area contributed by atoms with Gasteiger partial charge >= 0.3 is 0 Å². The number of rotatable bonds is 8. The maximum atomic E-state index is 13.5. The molecule has 2 aromatic heterocycles. The van der Waals surface area contributed by atoms with Gasteiger partial charge in [0.15, 0.2) is 11.3 Å². The summed E-state index contributed by atoms with van der Waals surface area (Å²) in [6, 6.07) is 12.7. The molecule has 2 aromatic carbocycles. The molecule has 2 aliphatic rings. The molecule has 1 saturated carbocycles. The lowest BCUT2D eigenvalue weighted by Crippen LogP contribution is -2.38. The summed E-state index contributed by atoms with van der Waals surface area (Å²) in [5.74, 6) is 1.57. The molecule has 1 amide bonds. The standard InChI is InChI=1S/C33H37N3O5/c1-20-14-28-31(37)26-12-11-23(17-29(26)41-32(28)30(15-20)40-25-8-5-13-36(2)19-25)39-24-10-9-22(35-18-24)16-27(33(34)38)21-6-3-4-7-21/h9-12,14-15,17-18,21,25,27H,3-8,13,16,19H2,1-2H3,(H2,34,38). The van der Waals surface area contributed by atoms with Crippen LogP contribution in [0.3, 0.4) is 0 Å². The average molecular weight is 556 g/mol. The van der Waals surface area contributed by atoms with Gasteiger partial charge in [-0.3, -0.25) is 14.6 Å². The SMILES string of the molecule is Cc1cc(OC2CCCN(C)C2)c2oc3cc(Oc4ccc(CC(C(N)=O)C5CCCC5)nc4)ccc3c(=O)c2c1. The van der Waals surface area contributed by atoms with E-state index in [2.05, 4.69) is 16.9 Å². The van der Waals surface area contributed by atoms with Crippen LogP contribution in [0.15, 0.2) is 57.9 Å². The van der Waals surface area contributed by atoms with Gasteiger partial charge in [0.05, 0.1) is 17.0 Å². The summed E-state index contributed by atoms with van der Waals surface area (Å²) in [6.07, 6.45) is 8.67. The molecule has 1 aliphatic carbocycles. The summed E-state index contributed by atoms with van der Waals surface area (Å²) in [6.45, 7) is 3.85. The zero-order valence-corrected chi connectivity index (χ0v) is 23.7. The molecule has 0 radical (unpaired) electrons. The first-order valence-electron chi connectivity index (χ1n) is 14.6. The quantitative estimate of drug-likeness (QED) is 0.276. The minimum absolute atomic E-state index is 0.0429. The third-order valence-corrected chi connectivity index (χ3v) is 8.53. The Morgan fingerprint density at radius 1 is 1.07 bits per heavy atom. The first kappa shape index (κ1) is 27.3. The largest absolute Gasteiger partial charge is 0.485 e. The van der Waals surface area contributed by atoms with Crippen LogP contribution in [-0.2, 0) is 11.2 Å². The number of hydrogen-bond acceptors (Lipinski definition) is 7. The predicted molar refractivity (Wildman–Crippen MR) is 159 cm³/mol. The summed E-state index contributed by atoms with van der Waals surface area (Å²) in [4.78, 5) is 32.4. The van der Waals surface area contributed by atoms with Gasteiger partial charge in [-0.2, -0.15) is 0 Å². The van der Waals surface area contributed by atoms with Crippen molar-refractivity contribution in [1.29, 1.82) is 0 Å². The number of likely N-dealkylation sites (tertiary alicyclic amines) is 1. The summed E-state index contributed by atoms with van der Waals surface area (Å²) in [5.41, 5.74) is 8.28. The molecule has 6 rings (SSSR count). The van der Waals surface area contributed by atoms with Crippen LogP contribution in [0.5, 0.6) is 17.2 Å². The highest BCUT2D eigenvalue weighted by atomic mass is 16.5. The number of fused-ring (bicyclic) bond motifs is 2. The Hall–Kier alpha value is -3.91. The Morgan fingerprint density at radius 2 is 1.88 bits per heavy atom. The number of piperidine rings is 1. The van der Waals surface area contributed by atoms with Crippen molar-refractivity contribution in [2.45, 2.75) is 58.0 Å². The van der Waals surface area contributed by atoms with Crippen molar-refractivity contribution in [1.82, 2.24) is 9.88 Å². The average Bonchev–Trinajstić information content (AvgIpc) is 3.48. The van der Waals surface area contributed by atoms with Crippen LogP contribution < -0.4 is 20.6 Å². The van der Waals surface area contributed by atoms with Gasteiger partial charge in [-0.15, -0.1) is 0 Å². The van der Waals surface area contributed by atoms with E-state index in [1.54, 1.807) is 24.4 Å². The zero-order valence-electron chi connectivity index (χ0n) is 23.7. The zero-order chi connectivity index (χ0) is 28.5. The van der Waals surface area contributed by atoms with Crippen molar-refractivity contribution in [2.24, 2.45) is 17.6 Å². The third kappa shape index (κ3) is 5.93. The van der Waals surface area contributed by atoms with Gasteiger partial charge in [-0.1, -0.05) is 12.8 Å². The van der Waals surface area contributed by atoms with Crippen LogP contribution in [0.2, 0.25) is 0 Å². The van der Waals surface area contributed by atoms with Gasteiger partial charge in [0, 0.05) is 30.6 Å². The minimum atomic E-state index is -0.251. The molecule has 0 spiro atoms. The molecule has 2 fully saturated rings. The number of carbonyl (C=O) groups excluding carboxylic acids is 1. The van der Waals surface area contributed by atoms with E-state index in [0.717, 1.165) is 62.9 Å². The lowest BCUT2D eigenvalue weighted by atomic mass is 9.86. The maximum absolute atomic E-state index is 13.5. The van der Waals surface area contributed by atoms with Crippen LogP contribution in [0.1, 0.15) is 49.8 Å². The molecule has 41 heavy (non-hydrogen) atoms. The van der Waals surface area contributed by atoms with Gasteiger partial charge in [0.25, 0.3) is 0 Å². The highest BCUT2D eigenvalue weighted by molar-refractivity contribution is 5.93. The summed E-state index contributed by atoms with van der Waals surface area (Å²) >= 11 is 0. The van der Waals surface area contributed by atoms with E-state index in [9.17, 15) is 9.59 Å². The maximum Gasteiger partial charge on any atom is 0.221 e. The Morgan fingerprint density at radius 3 is 2.61 bits per heavy atom. The summed E-state index contributed by atoms with van der Waals surface area (Å²) < 4.78 is 18.8. The molecule has 0 bridgehead atoms. The van der Waals surface area contributed by atoms with Gasteiger partial charge in [0.2, 0.25) is 11.3 Å². The molecule has 214 valence electrons. The molecule has 2 atom stereocenters. The number of benzene rings is 2. The molecule has 8 nitrogen and oxygen atoms in total. The smallest absolute Gasteiger partial charge is 0.221 e. The molecular weight excluding hydrogens is 518 g/mol. The normalized spacial score (nSPS) is 19.0. The fraction of sp³-hybridized carbons (Fsp3) is 0.424. The molecule has 2 N–H and O–H groups in total. The Labute approximate surface area is 239 Å². The van der Waals surface area contributed by atoms with E-state index in [4.69, 9.17) is 19.6 Å². The second kappa shape index (κ2) is 11.5. The van der Waals surface area contributed by atoms with E-state index in [1.165, 1.54) is 0 Å². The molecule has 3 heterocycles. The number of nitrogens with zero attached hydrogens (tertiary/aromatic N) is 2. The van der Waals surface area contributed by atoms with Gasteiger partial charge in [-0.05, 0) is 94.1 Å². The van der Waals surface area contributed by atoms with Crippen LogP contribution in [-0.4, -0.2) is 42.0 Å². The van der Waals surface area contributed by atoms with E-state index in [0.29, 0.717) is 51.5 Å². The number of primary amides is 1. The highest BCUT2D eigenvalue weighted by Gasteiger charge is 2.29. The van der Waals surface area contributed by atoms with Gasteiger partial charge in [-0.25, -0.2) is 0 Å². The molecule has 1 aliphatic heterocycles. The van der Waals surface area contributed by atoms with Crippen molar-refractivity contribution in [3.63, 3.8) is 0 Å². The van der Waals surface area contributed by atoms with E-state index in [-0.39, 0.29) is 23.4 Å². The molecule has 1 saturated heterocycles. The van der Waals surface area contributed by atoms with Gasteiger partial charge < -0.3 is 24.5 Å². The number of likely N-dealkylation sites (N-methyl/N-ethyl adjacent to an activating group) is 1. The summed E-state index contributed by atoms with van der Waals surface area (Å²) in [7, 11) is 2.09. The number of amides is 1. The predicted octanol–water partition coefficient (Wildman–Crippen LogP) is 5.75. The Balaban J connectivity index is 1.25. The minimum Gasteiger partial charge on any atom is -0.485 e. The number of carbonyl (C=O) groups is 1. The topological polar surface area (TPSA) is 108 Å². The second-order valence-electron chi connectivity index (χ2n) is 11.7. The number of pyridine rings is 1. The monoisotopic (exact) mass is 555 g/mol. The van der Waals surface area contributed by atoms with E-state index < -0.39 is 0 Å². The fourth-order valence-corrected chi connectivity index (χ4v) is 6.40. The lowest BCUT2D eigenvalue weighted by molar-refractivity contribution is -0.123. The van der Waals surface area contributed by atoms with Crippen molar-refractivity contribution >= 4 is 27.8 Å². The lowest BCUT2D eigenvalue weighted by Gasteiger charge is -2.30. The van der Waals surface area contributed by atoms with E-state index >= 15 is 0 Å². The van der Waals surface area contributed by atoms with Gasteiger partial charge in [0.1, 0.15) is 23.2 Å². The highest BCUT2D eigenvalue weighted by Crippen LogP contribution is 2.34. The second-order valence-corrected chi connectivity index (χ2v) is 11.7. The molecule has 8 heteroatoms. The number of aromatic nitrogens is 1. The number of hydrogen-bond donors (Lipinski definition) is 1. The van der Waals surface area contributed by atoms with E-state index in [1.807, 2.05) is 31.2 Å². The van der Waals surface area contributed by atoms with Crippen LogP contribution in [0.25, 0.3) is 21.9 Å². The summed E-state index contributed by atoms with van der Waals surface area (Å²) in [5, 5.41) is 0.994. The van der Waals surface area contributed by atoms with Crippen molar-refractivity contribution in [3.8, 4) is 17.2 Å². The van der Waals surface area contributed by atoms with Crippen LogP contribution in [0.4, 0.5) is 0 Å². The van der Waals surface area contributed by atoms with Crippen molar-refractivity contribution < 1.29 is 18.7 Å². The molecular formula is C33H37N3O5. The number of ether oxygens (including phenoxy) is 2. The number of nitrogens with two attached hydrogens (primary N) is 1. The number of aryl methyl sites for hydroxylation is 1. The molecule has 4 aromatic rings.